The summed E-state index contributed by atoms with van der Waals surface area (Å²) in [6.45, 7) is 11.1. The van der Waals surface area contributed by atoms with Crippen molar-refractivity contribution >= 4 is 12.2 Å². The van der Waals surface area contributed by atoms with Gasteiger partial charge in [0.15, 0.2) is 6.71 Å². The molecule has 0 aliphatic carbocycles. The van der Waals surface area contributed by atoms with Gasteiger partial charge in [0, 0.05) is 6.54 Å². The van der Waals surface area contributed by atoms with Crippen LogP contribution in [0, 0.1) is 0 Å². The molecular formula is C18H25BN2. The maximum atomic E-state index is 3.49. The van der Waals surface area contributed by atoms with Gasteiger partial charge in [0.05, 0.1) is 6.17 Å². The van der Waals surface area contributed by atoms with Crippen LogP contribution < -0.4 is 16.1 Å². The molecule has 0 spiro atoms. The van der Waals surface area contributed by atoms with Crippen LogP contribution in [-0.2, 0) is 6.54 Å². The predicted molar refractivity (Wildman–Crippen MR) is 92.0 cm³/mol. The lowest BCUT2D eigenvalue weighted by Gasteiger charge is -2.17. The van der Waals surface area contributed by atoms with Crippen LogP contribution in [0.25, 0.3) is 0 Å². The monoisotopic (exact) mass is 280 g/mol. The van der Waals surface area contributed by atoms with E-state index >= 15 is 0 Å². The summed E-state index contributed by atoms with van der Waals surface area (Å²) in [5, 5.41) is 7.58. The Kier molecular flexibility index (Phi) is 3.49. The smallest absolute Gasteiger partial charge is 0.187 e. The van der Waals surface area contributed by atoms with Crippen molar-refractivity contribution < 1.29 is 0 Å². The highest BCUT2D eigenvalue weighted by atomic mass is 15.1. The first-order valence-electron chi connectivity index (χ1n) is 7.84. The third-order valence-electron chi connectivity index (χ3n) is 5.65. The number of rotatable bonds is 4. The summed E-state index contributed by atoms with van der Waals surface area (Å²) >= 11 is 0. The molecule has 1 unspecified atom stereocenters. The lowest BCUT2D eigenvalue weighted by molar-refractivity contribution is 0.546. The summed E-state index contributed by atoms with van der Waals surface area (Å²) < 4.78 is 0. The van der Waals surface area contributed by atoms with Crippen LogP contribution >= 0.6 is 0 Å². The standard InChI is InChI=1S/C18H25BN2/c1-17(2)18(3,4)19(17)15-10-8-14(9-11-15)13-21-16-7-5-6-12-20-16/h5-12,16,20-21H,13H2,1-4H3. The van der Waals surface area contributed by atoms with Gasteiger partial charge < -0.3 is 5.32 Å². The quantitative estimate of drug-likeness (QED) is 0.828. The molecule has 0 aromatic heterocycles. The van der Waals surface area contributed by atoms with Gasteiger partial charge in [-0.15, -0.1) is 0 Å². The lowest BCUT2D eigenvalue weighted by Crippen LogP contribution is -2.38. The molecule has 2 heterocycles. The second-order valence-corrected chi connectivity index (χ2v) is 7.39. The molecule has 2 aliphatic heterocycles. The first-order valence-corrected chi connectivity index (χ1v) is 7.84. The minimum Gasteiger partial charge on any atom is -0.372 e. The molecule has 1 atom stereocenters. The van der Waals surface area contributed by atoms with Gasteiger partial charge in [-0.3, -0.25) is 5.32 Å². The SMILES string of the molecule is CC1(C)B(c2ccc(CNC3C=CC=CN3)cc2)C1(C)C. The predicted octanol–water partition coefficient (Wildman–Crippen LogP) is 3.05. The maximum absolute atomic E-state index is 3.49. The van der Waals surface area contributed by atoms with Gasteiger partial charge in [-0.2, -0.15) is 0 Å². The zero-order valence-electron chi connectivity index (χ0n) is 13.5. The van der Waals surface area contributed by atoms with E-state index in [1.54, 1.807) is 0 Å². The Morgan fingerprint density at radius 2 is 1.71 bits per heavy atom. The number of benzene rings is 1. The van der Waals surface area contributed by atoms with Gasteiger partial charge in [0.2, 0.25) is 0 Å². The van der Waals surface area contributed by atoms with E-state index in [1.165, 1.54) is 11.0 Å². The summed E-state index contributed by atoms with van der Waals surface area (Å²) in [7, 11) is 0. The number of hydrogen-bond acceptors (Lipinski definition) is 2. The van der Waals surface area contributed by atoms with E-state index in [0.29, 0.717) is 17.3 Å². The molecular weight excluding hydrogens is 255 g/mol. The highest BCUT2D eigenvalue weighted by molar-refractivity contribution is 6.89. The van der Waals surface area contributed by atoms with E-state index in [2.05, 4.69) is 74.7 Å². The molecule has 1 aromatic carbocycles. The maximum Gasteiger partial charge on any atom is 0.187 e. The van der Waals surface area contributed by atoms with Crippen LogP contribution in [-0.4, -0.2) is 12.9 Å². The van der Waals surface area contributed by atoms with Crippen molar-refractivity contribution in [3.63, 3.8) is 0 Å². The zero-order valence-corrected chi connectivity index (χ0v) is 13.5. The molecule has 21 heavy (non-hydrogen) atoms. The third-order valence-corrected chi connectivity index (χ3v) is 5.65. The third kappa shape index (κ3) is 2.55. The molecule has 1 saturated heterocycles. The minimum absolute atomic E-state index is 0.232. The molecule has 2 aliphatic rings. The molecule has 3 rings (SSSR count). The summed E-state index contributed by atoms with van der Waals surface area (Å²) in [4.78, 5) is 0. The largest absolute Gasteiger partial charge is 0.372 e. The second-order valence-electron chi connectivity index (χ2n) is 7.39. The van der Waals surface area contributed by atoms with E-state index in [0.717, 1.165) is 6.54 Å². The van der Waals surface area contributed by atoms with Crippen molar-refractivity contribution in [1.29, 1.82) is 0 Å². The molecule has 110 valence electrons. The fraction of sp³-hybridized carbons (Fsp3) is 0.444. The molecule has 3 heteroatoms. The minimum atomic E-state index is 0.232. The number of dihydropyridines is 1. The second kappa shape index (κ2) is 5.06. The van der Waals surface area contributed by atoms with Crippen LogP contribution in [0.1, 0.15) is 33.3 Å². The molecule has 0 saturated carbocycles. The van der Waals surface area contributed by atoms with Crippen LogP contribution in [0.3, 0.4) is 0 Å². The van der Waals surface area contributed by atoms with Gasteiger partial charge in [-0.25, -0.2) is 0 Å². The Balaban J connectivity index is 1.60. The van der Waals surface area contributed by atoms with Gasteiger partial charge in [-0.1, -0.05) is 74.1 Å². The summed E-state index contributed by atoms with van der Waals surface area (Å²) in [6.07, 6.45) is 8.40. The fourth-order valence-electron chi connectivity index (χ4n) is 3.66. The normalized spacial score (nSPS) is 24.8. The average Bonchev–Trinajstić information content (AvgIpc) is 2.88. The first kappa shape index (κ1) is 14.5. The van der Waals surface area contributed by atoms with Gasteiger partial charge in [0.25, 0.3) is 0 Å². The molecule has 0 amide bonds. The van der Waals surface area contributed by atoms with Crippen molar-refractivity contribution in [2.24, 2.45) is 0 Å². The van der Waals surface area contributed by atoms with Crippen molar-refractivity contribution in [1.82, 2.24) is 10.6 Å². The van der Waals surface area contributed by atoms with E-state index < -0.39 is 0 Å². The van der Waals surface area contributed by atoms with Gasteiger partial charge in [0.1, 0.15) is 0 Å². The number of hydrogen-bond donors (Lipinski definition) is 2. The van der Waals surface area contributed by atoms with E-state index in [1.807, 2.05) is 12.3 Å². The van der Waals surface area contributed by atoms with E-state index in [9.17, 15) is 0 Å². The molecule has 0 bridgehead atoms. The highest BCUT2D eigenvalue weighted by Crippen LogP contribution is 2.73. The lowest BCUT2D eigenvalue weighted by atomic mass is 9.53. The van der Waals surface area contributed by atoms with Crippen LogP contribution in [0.4, 0.5) is 0 Å². The molecule has 1 aromatic rings. The molecule has 1 fully saturated rings. The summed E-state index contributed by atoms with van der Waals surface area (Å²) in [5.74, 6) is 0. The molecule has 2 nitrogen and oxygen atoms in total. The first-order chi connectivity index (χ1) is 9.93. The fourth-order valence-corrected chi connectivity index (χ4v) is 3.66. The zero-order chi connectivity index (χ0) is 15.1. The average molecular weight is 280 g/mol. The van der Waals surface area contributed by atoms with Crippen LogP contribution in [0.2, 0.25) is 10.6 Å². The number of nitrogens with one attached hydrogen (secondary N) is 2. The van der Waals surface area contributed by atoms with Crippen LogP contribution in [0.15, 0.2) is 48.7 Å². The van der Waals surface area contributed by atoms with Crippen molar-refractivity contribution in [2.75, 3.05) is 0 Å². The van der Waals surface area contributed by atoms with Crippen molar-refractivity contribution in [3.05, 3.63) is 54.3 Å². The molecule has 2 N–H and O–H groups in total. The highest BCUT2D eigenvalue weighted by Gasteiger charge is 2.67. The summed E-state index contributed by atoms with van der Waals surface area (Å²) in [6, 6.07) is 9.13. The Morgan fingerprint density at radius 1 is 1.05 bits per heavy atom. The van der Waals surface area contributed by atoms with Crippen molar-refractivity contribution in [3.8, 4) is 0 Å². The molecule has 0 radical (unpaired) electrons. The van der Waals surface area contributed by atoms with E-state index in [4.69, 9.17) is 0 Å². The van der Waals surface area contributed by atoms with Crippen molar-refractivity contribution in [2.45, 2.75) is 51.0 Å². The van der Waals surface area contributed by atoms with Crippen LogP contribution in [0.5, 0.6) is 0 Å². The Morgan fingerprint density at radius 3 is 2.24 bits per heavy atom. The van der Waals surface area contributed by atoms with E-state index in [-0.39, 0.29) is 6.17 Å². The number of allylic oxidation sites excluding steroid dienone is 2. The topological polar surface area (TPSA) is 24.1 Å². The Hall–Kier alpha value is -1.48. The Labute approximate surface area is 128 Å². The summed E-state index contributed by atoms with van der Waals surface area (Å²) in [5.41, 5.74) is 2.81. The Bertz CT molecular complexity index is 555. The van der Waals surface area contributed by atoms with Gasteiger partial charge >= 0.3 is 0 Å². The van der Waals surface area contributed by atoms with Gasteiger partial charge in [-0.05, 0) is 23.9 Å².